The molecule has 13 heavy (non-hydrogen) atoms. The number of nitrogens with two attached hydrogens (primary N) is 1. The van der Waals surface area contributed by atoms with Crippen molar-refractivity contribution in [3.8, 4) is 0 Å². The van der Waals surface area contributed by atoms with Crippen LogP contribution in [0.25, 0.3) is 0 Å². The molecule has 0 amide bonds. The number of carbonyl (C=O) groups is 1. The van der Waals surface area contributed by atoms with E-state index in [4.69, 9.17) is 10.8 Å². The van der Waals surface area contributed by atoms with Gasteiger partial charge in [-0.05, 0) is 12.1 Å². The highest BCUT2D eigenvalue weighted by Gasteiger charge is 2.04. The summed E-state index contributed by atoms with van der Waals surface area (Å²) in [5.41, 5.74) is 6.51. The molecule has 0 fully saturated rings. The Hall–Kier alpha value is -1.97. The zero-order valence-corrected chi connectivity index (χ0v) is 6.95. The fourth-order valence-corrected chi connectivity index (χ4v) is 0.827. The summed E-state index contributed by atoms with van der Waals surface area (Å²) in [6.45, 7) is 3.32. The molecule has 1 aromatic rings. The molecular weight excluding hydrogens is 168 g/mol. The van der Waals surface area contributed by atoms with Gasteiger partial charge in [-0.2, -0.15) is 0 Å². The molecule has 0 atom stereocenters. The number of carboxylic acids is 1. The normalized spacial score (nSPS) is 9.23. The van der Waals surface area contributed by atoms with Gasteiger partial charge in [-0.25, -0.2) is 4.79 Å². The monoisotopic (exact) mass is 178 g/mol. The van der Waals surface area contributed by atoms with E-state index in [9.17, 15) is 4.79 Å². The number of para-hydroxylation sites is 2. The van der Waals surface area contributed by atoms with Crippen molar-refractivity contribution < 1.29 is 9.90 Å². The highest BCUT2D eigenvalue weighted by Crippen LogP contribution is 2.17. The predicted octanol–water partition coefficient (Wildman–Crippen LogP) is 1.28. The molecule has 1 rings (SSSR count). The molecule has 0 saturated carbocycles. The van der Waals surface area contributed by atoms with Crippen LogP contribution in [-0.4, -0.2) is 11.1 Å². The molecule has 4 nitrogen and oxygen atoms in total. The minimum absolute atomic E-state index is 0.0992. The first kappa shape index (κ1) is 9.12. The molecule has 0 spiro atoms. The van der Waals surface area contributed by atoms with E-state index in [1.54, 1.807) is 24.3 Å². The van der Waals surface area contributed by atoms with E-state index in [1.807, 2.05) is 0 Å². The molecule has 4 heteroatoms. The first-order valence-electron chi connectivity index (χ1n) is 3.65. The van der Waals surface area contributed by atoms with Crippen LogP contribution in [0.5, 0.6) is 0 Å². The van der Waals surface area contributed by atoms with Crippen LogP contribution in [0.1, 0.15) is 0 Å². The van der Waals surface area contributed by atoms with Crippen molar-refractivity contribution in [2.75, 3.05) is 11.1 Å². The molecular formula is C9H10N2O2. The minimum Gasteiger partial charge on any atom is -0.477 e. The standard InChI is InChI=1S/C9H10N2O2/c1-6(9(12)13)11-8-5-3-2-4-7(8)10/h2-5,11H,1,10H2,(H,12,13). The predicted molar refractivity (Wildman–Crippen MR) is 51.3 cm³/mol. The van der Waals surface area contributed by atoms with Crippen molar-refractivity contribution in [2.24, 2.45) is 0 Å². The average Bonchev–Trinajstić information content (AvgIpc) is 2.08. The Balaban J connectivity index is 2.81. The van der Waals surface area contributed by atoms with E-state index in [2.05, 4.69) is 11.9 Å². The van der Waals surface area contributed by atoms with E-state index in [0.717, 1.165) is 0 Å². The van der Waals surface area contributed by atoms with Crippen LogP contribution in [0.4, 0.5) is 11.4 Å². The summed E-state index contributed by atoms with van der Waals surface area (Å²) in [6.07, 6.45) is 0. The molecule has 0 aliphatic carbocycles. The Bertz CT molecular complexity index is 347. The van der Waals surface area contributed by atoms with Gasteiger partial charge in [0.1, 0.15) is 5.70 Å². The summed E-state index contributed by atoms with van der Waals surface area (Å²) in [5.74, 6) is -1.09. The van der Waals surface area contributed by atoms with E-state index in [1.165, 1.54) is 0 Å². The zero-order chi connectivity index (χ0) is 9.84. The van der Waals surface area contributed by atoms with Gasteiger partial charge in [-0.1, -0.05) is 18.7 Å². The minimum atomic E-state index is -1.09. The van der Waals surface area contributed by atoms with Gasteiger partial charge in [0.05, 0.1) is 11.4 Å². The third kappa shape index (κ3) is 2.23. The van der Waals surface area contributed by atoms with Crippen LogP contribution in [0, 0.1) is 0 Å². The molecule has 0 aromatic heterocycles. The lowest BCUT2D eigenvalue weighted by Gasteiger charge is -2.07. The van der Waals surface area contributed by atoms with Gasteiger partial charge in [-0.15, -0.1) is 0 Å². The summed E-state index contributed by atoms with van der Waals surface area (Å²) in [5, 5.41) is 11.1. The Morgan fingerprint density at radius 3 is 2.62 bits per heavy atom. The molecule has 4 N–H and O–H groups in total. The molecule has 1 aromatic carbocycles. The largest absolute Gasteiger partial charge is 0.477 e. The Morgan fingerprint density at radius 1 is 1.46 bits per heavy atom. The maximum Gasteiger partial charge on any atom is 0.351 e. The Kier molecular flexibility index (Phi) is 2.54. The number of benzene rings is 1. The lowest BCUT2D eigenvalue weighted by Crippen LogP contribution is -2.09. The topological polar surface area (TPSA) is 75.3 Å². The molecule has 0 aliphatic heterocycles. The van der Waals surface area contributed by atoms with Gasteiger partial charge < -0.3 is 16.2 Å². The van der Waals surface area contributed by atoms with Crippen LogP contribution in [-0.2, 0) is 4.79 Å². The Labute approximate surface area is 75.7 Å². The van der Waals surface area contributed by atoms with Gasteiger partial charge in [0, 0.05) is 0 Å². The number of aliphatic carboxylic acids is 1. The summed E-state index contributed by atoms with van der Waals surface area (Å²) < 4.78 is 0. The fourth-order valence-electron chi connectivity index (χ4n) is 0.827. The van der Waals surface area contributed by atoms with Crippen molar-refractivity contribution in [1.82, 2.24) is 0 Å². The molecule has 0 unspecified atom stereocenters. The number of hydrogen-bond donors (Lipinski definition) is 3. The number of carboxylic acid groups (broad SMARTS) is 1. The smallest absolute Gasteiger partial charge is 0.351 e. The number of nitrogens with one attached hydrogen (secondary N) is 1. The molecule has 0 bridgehead atoms. The van der Waals surface area contributed by atoms with Gasteiger partial charge in [0.15, 0.2) is 0 Å². The van der Waals surface area contributed by atoms with E-state index < -0.39 is 5.97 Å². The van der Waals surface area contributed by atoms with E-state index in [0.29, 0.717) is 11.4 Å². The van der Waals surface area contributed by atoms with Gasteiger partial charge in [0.2, 0.25) is 0 Å². The maximum atomic E-state index is 10.4. The van der Waals surface area contributed by atoms with Crippen molar-refractivity contribution in [2.45, 2.75) is 0 Å². The first-order valence-corrected chi connectivity index (χ1v) is 3.65. The highest BCUT2D eigenvalue weighted by atomic mass is 16.4. The zero-order valence-electron chi connectivity index (χ0n) is 6.95. The summed E-state index contributed by atoms with van der Waals surface area (Å²) >= 11 is 0. The van der Waals surface area contributed by atoms with Crippen molar-refractivity contribution in [3.63, 3.8) is 0 Å². The highest BCUT2D eigenvalue weighted by molar-refractivity contribution is 5.90. The van der Waals surface area contributed by atoms with Gasteiger partial charge in [0.25, 0.3) is 0 Å². The van der Waals surface area contributed by atoms with Crippen LogP contribution in [0.2, 0.25) is 0 Å². The van der Waals surface area contributed by atoms with Crippen molar-refractivity contribution >= 4 is 17.3 Å². The second-order valence-corrected chi connectivity index (χ2v) is 2.50. The summed E-state index contributed by atoms with van der Waals surface area (Å²) in [7, 11) is 0. The molecule has 0 heterocycles. The maximum absolute atomic E-state index is 10.4. The van der Waals surface area contributed by atoms with Crippen LogP contribution in [0.3, 0.4) is 0 Å². The lowest BCUT2D eigenvalue weighted by molar-refractivity contribution is -0.132. The lowest BCUT2D eigenvalue weighted by atomic mass is 10.2. The molecule has 0 saturated heterocycles. The summed E-state index contributed by atoms with van der Waals surface area (Å²) in [4.78, 5) is 10.4. The third-order valence-corrected chi connectivity index (χ3v) is 1.50. The number of hydrogen-bond acceptors (Lipinski definition) is 3. The summed E-state index contributed by atoms with van der Waals surface area (Å²) in [6, 6.07) is 6.89. The first-order chi connectivity index (χ1) is 6.11. The second kappa shape index (κ2) is 3.62. The van der Waals surface area contributed by atoms with Crippen LogP contribution >= 0.6 is 0 Å². The third-order valence-electron chi connectivity index (χ3n) is 1.50. The van der Waals surface area contributed by atoms with Crippen LogP contribution < -0.4 is 11.1 Å². The van der Waals surface area contributed by atoms with Gasteiger partial charge in [-0.3, -0.25) is 0 Å². The second-order valence-electron chi connectivity index (χ2n) is 2.50. The fraction of sp³-hybridized carbons (Fsp3) is 0. The number of rotatable bonds is 3. The van der Waals surface area contributed by atoms with E-state index in [-0.39, 0.29) is 5.70 Å². The van der Waals surface area contributed by atoms with Crippen LogP contribution in [0.15, 0.2) is 36.5 Å². The molecule has 0 radical (unpaired) electrons. The van der Waals surface area contributed by atoms with Gasteiger partial charge >= 0.3 is 5.97 Å². The number of nitrogen functional groups attached to an aromatic ring is 1. The van der Waals surface area contributed by atoms with Crippen molar-refractivity contribution in [3.05, 3.63) is 36.5 Å². The SMILES string of the molecule is C=C(Nc1ccccc1N)C(=O)O. The Morgan fingerprint density at radius 2 is 2.08 bits per heavy atom. The van der Waals surface area contributed by atoms with E-state index >= 15 is 0 Å². The quantitative estimate of drug-likeness (QED) is 0.481. The van der Waals surface area contributed by atoms with Crippen molar-refractivity contribution in [1.29, 1.82) is 0 Å². The average molecular weight is 178 g/mol. The molecule has 0 aliphatic rings. The number of anilines is 2. The molecule has 68 valence electrons.